The van der Waals surface area contributed by atoms with Crippen LogP contribution >= 0.6 is 35.8 Å². The van der Waals surface area contributed by atoms with Gasteiger partial charge in [0.25, 0.3) is 0 Å². The molecule has 0 saturated heterocycles. The van der Waals surface area contributed by atoms with E-state index in [1.807, 2.05) is 60.7 Å². The van der Waals surface area contributed by atoms with Crippen molar-refractivity contribution in [3.8, 4) is 22.3 Å². The maximum Gasteiger partial charge on any atom is 0.0406 e. The fraction of sp³-hybridized carbons (Fsp3) is 0. The predicted molar refractivity (Wildman–Crippen MR) is 94.6 cm³/mol. The first-order valence-electron chi connectivity index (χ1n) is 6.49. The van der Waals surface area contributed by atoms with Crippen LogP contribution in [0.3, 0.4) is 0 Å². The fourth-order valence-electron chi connectivity index (χ4n) is 2.33. The Morgan fingerprint density at radius 3 is 1.71 bits per heavy atom. The van der Waals surface area contributed by atoms with E-state index >= 15 is 0 Å². The molecule has 0 bridgehead atoms. The lowest BCUT2D eigenvalue weighted by Crippen LogP contribution is -1.87. The smallest absolute Gasteiger partial charge is 0.0406 e. The molecule has 3 aromatic rings. The van der Waals surface area contributed by atoms with E-state index in [0.717, 1.165) is 37.2 Å². The van der Waals surface area contributed by atoms with Gasteiger partial charge in [0.1, 0.15) is 0 Å². The van der Waals surface area contributed by atoms with Gasteiger partial charge in [-0.25, -0.2) is 0 Å². The van der Waals surface area contributed by atoms with Crippen LogP contribution in [-0.2, 0) is 0 Å². The van der Waals surface area contributed by atoms with Crippen molar-refractivity contribution in [3.05, 3.63) is 76.8 Å². The number of rotatable bonds is 2. The molecule has 3 heteroatoms. The summed E-state index contributed by atoms with van der Waals surface area (Å²) in [6.07, 6.45) is 0. The number of halogens is 2. The van der Waals surface area contributed by atoms with Crippen molar-refractivity contribution in [2.45, 2.75) is 4.90 Å². The molecule has 0 heterocycles. The first kappa shape index (κ1) is 14.5. The van der Waals surface area contributed by atoms with Crippen molar-refractivity contribution in [1.29, 1.82) is 0 Å². The highest BCUT2D eigenvalue weighted by atomic mass is 35.5. The molecular weight excluding hydrogens is 319 g/mol. The Morgan fingerprint density at radius 1 is 0.619 bits per heavy atom. The van der Waals surface area contributed by atoms with Crippen LogP contribution in [-0.4, -0.2) is 0 Å². The van der Waals surface area contributed by atoms with Gasteiger partial charge in [-0.1, -0.05) is 59.6 Å². The summed E-state index contributed by atoms with van der Waals surface area (Å²) >= 11 is 16.6. The van der Waals surface area contributed by atoms with Crippen molar-refractivity contribution < 1.29 is 0 Å². The van der Waals surface area contributed by atoms with Crippen molar-refractivity contribution in [2.75, 3.05) is 0 Å². The van der Waals surface area contributed by atoms with E-state index in [-0.39, 0.29) is 0 Å². The van der Waals surface area contributed by atoms with E-state index in [1.165, 1.54) is 0 Å². The highest BCUT2D eigenvalue weighted by molar-refractivity contribution is 7.80. The minimum absolute atomic E-state index is 0.725. The number of benzene rings is 3. The molecule has 3 rings (SSSR count). The molecule has 0 aliphatic heterocycles. The minimum atomic E-state index is 0.725. The predicted octanol–water partition coefficient (Wildman–Crippen LogP) is 6.62. The SMILES string of the molecule is Sc1cccc(-c2ccc(Cl)cc2)c1-c1ccc(Cl)cc1. The van der Waals surface area contributed by atoms with Gasteiger partial charge in [0.15, 0.2) is 0 Å². The summed E-state index contributed by atoms with van der Waals surface area (Å²) in [5.41, 5.74) is 4.43. The normalized spacial score (nSPS) is 10.6. The maximum atomic E-state index is 5.98. The lowest BCUT2D eigenvalue weighted by Gasteiger charge is -2.13. The Balaban J connectivity index is 2.20. The van der Waals surface area contributed by atoms with Crippen LogP contribution in [0.2, 0.25) is 10.0 Å². The van der Waals surface area contributed by atoms with Crippen LogP contribution in [0.25, 0.3) is 22.3 Å². The molecule has 0 atom stereocenters. The quantitative estimate of drug-likeness (QED) is 0.501. The Labute approximate surface area is 139 Å². The zero-order valence-corrected chi connectivity index (χ0v) is 13.5. The summed E-state index contributed by atoms with van der Waals surface area (Å²) in [6.45, 7) is 0. The molecule has 3 aromatic carbocycles. The van der Waals surface area contributed by atoms with Crippen LogP contribution in [0.5, 0.6) is 0 Å². The average molecular weight is 331 g/mol. The second-order valence-electron chi connectivity index (χ2n) is 4.71. The van der Waals surface area contributed by atoms with E-state index < -0.39 is 0 Å². The summed E-state index contributed by atoms with van der Waals surface area (Å²) in [4.78, 5) is 0.935. The Hall–Kier alpha value is -1.41. The molecule has 0 saturated carbocycles. The van der Waals surface area contributed by atoms with Gasteiger partial charge in [0, 0.05) is 20.5 Å². The van der Waals surface area contributed by atoms with Crippen LogP contribution in [0.4, 0.5) is 0 Å². The van der Waals surface area contributed by atoms with Crippen molar-refractivity contribution in [3.63, 3.8) is 0 Å². The topological polar surface area (TPSA) is 0 Å². The number of hydrogen-bond acceptors (Lipinski definition) is 1. The summed E-state index contributed by atoms with van der Waals surface area (Å²) in [7, 11) is 0. The van der Waals surface area contributed by atoms with Gasteiger partial charge in [-0.2, -0.15) is 0 Å². The molecule has 0 unspecified atom stereocenters. The summed E-state index contributed by atoms with van der Waals surface area (Å²) < 4.78 is 0. The van der Waals surface area contributed by atoms with Gasteiger partial charge < -0.3 is 0 Å². The zero-order chi connectivity index (χ0) is 14.8. The van der Waals surface area contributed by atoms with E-state index in [9.17, 15) is 0 Å². The second kappa shape index (κ2) is 6.15. The maximum absolute atomic E-state index is 5.98. The molecule has 0 aliphatic carbocycles. The standard InChI is InChI=1S/C18H12Cl2S/c19-14-8-4-12(5-9-14)16-2-1-3-17(21)18(16)13-6-10-15(20)11-7-13/h1-11,21H. The Kier molecular flexibility index (Phi) is 4.25. The van der Waals surface area contributed by atoms with Crippen molar-refractivity contribution in [2.24, 2.45) is 0 Å². The van der Waals surface area contributed by atoms with Crippen LogP contribution in [0.15, 0.2) is 71.6 Å². The first-order valence-corrected chi connectivity index (χ1v) is 7.69. The highest BCUT2D eigenvalue weighted by Gasteiger charge is 2.10. The average Bonchev–Trinajstić information content (AvgIpc) is 2.49. The van der Waals surface area contributed by atoms with Crippen LogP contribution < -0.4 is 0 Å². The molecule has 21 heavy (non-hydrogen) atoms. The fourth-order valence-corrected chi connectivity index (χ4v) is 2.92. The summed E-state index contributed by atoms with van der Waals surface area (Å²) in [6, 6.07) is 21.7. The summed E-state index contributed by atoms with van der Waals surface area (Å²) in [5.74, 6) is 0. The molecule has 0 fully saturated rings. The molecular formula is C18H12Cl2S. The van der Waals surface area contributed by atoms with Gasteiger partial charge in [0.2, 0.25) is 0 Å². The van der Waals surface area contributed by atoms with E-state index in [1.54, 1.807) is 0 Å². The number of hydrogen-bond donors (Lipinski definition) is 1. The first-order chi connectivity index (χ1) is 10.1. The lowest BCUT2D eigenvalue weighted by atomic mass is 9.94. The molecule has 0 aliphatic rings. The molecule has 0 nitrogen and oxygen atoms in total. The van der Waals surface area contributed by atoms with Crippen molar-refractivity contribution in [1.82, 2.24) is 0 Å². The van der Waals surface area contributed by atoms with E-state index in [0.29, 0.717) is 0 Å². The third-order valence-corrected chi connectivity index (χ3v) is 4.21. The van der Waals surface area contributed by atoms with Gasteiger partial charge in [-0.15, -0.1) is 12.6 Å². The largest absolute Gasteiger partial charge is 0.143 e. The van der Waals surface area contributed by atoms with E-state index in [4.69, 9.17) is 23.2 Å². The molecule has 0 spiro atoms. The monoisotopic (exact) mass is 330 g/mol. The molecule has 104 valence electrons. The molecule has 0 radical (unpaired) electrons. The molecule has 0 aromatic heterocycles. The third-order valence-electron chi connectivity index (χ3n) is 3.33. The van der Waals surface area contributed by atoms with Gasteiger partial charge in [0.05, 0.1) is 0 Å². The lowest BCUT2D eigenvalue weighted by molar-refractivity contribution is 1.45. The van der Waals surface area contributed by atoms with Gasteiger partial charge >= 0.3 is 0 Å². The number of thiol groups is 1. The highest BCUT2D eigenvalue weighted by Crippen LogP contribution is 2.37. The third kappa shape index (κ3) is 3.11. The molecule has 0 amide bonds. The Bertz CT molecular complexity index is 762. The summed E-state index contributed by atoms with van der Waals surface area (Å²) in [5, 5.41) is 1.46. The van der Waals surface area contributed by atoms with Gasteiger partial charge in [-0.05, 0) is 47.0 Å². The minimum Gasteiger partial charge on any atom is -0.143 e. The second-order valence-corrected chi connectivity index (χ2v) is 6.07. The Morgan fingerprint density at radius 2 is 1.14 bits per heavy atom. The van der Waals surface area contributed by atoms with Crippen LogP contribution in [0, 0.1) is 0 Å². The molecule has 0 N–H and O–H groups in total. The van der Waals surface area contributed by atoms with Crippen LogP contribution in [0.1, 0.15) is 0 Å². The van der Waals surface area contributed by atoms with Gasteiger partial charge in [-0.3, -0.25) is 0 Å². The van der Waals surface area contributed by atoms with Crippen molar-refractivity contribution >= 4 is 35.8 Å². The zero-order valence-electron chi connectivity index (χ0n) is 11.1. The van der Waals surface area contributed by atoms with E-state index in [2.05, 4.69) is 18.7 Å².